The fourth-order valence-electron chi connectivity index (χ4n) is 3.03. The maximum absolute atomic E-state index is 12.1. The molecule has 0 radical (unpaired) electrons. The predicted molar refractivity (Wildman–Crippen MR) is 94.5 cm³/mol. The fraction of sp³-hybridized carbons (Fsp3) is 0.421. The van der Waals surface area contributed by atoms with Gasteiger partial charge in [0.15, 0.2) is 0 Å². The maximum Gasteiger partial charge on any atom is 0.230 e. The molecule has 1 atom stereocenters. The van der Waals surface area contributed by atoms with Crippen LogP contribution in [0.4, 0.5) is 0 Å². The number of benzene rings is 1. The molecule has 0 aliphatic heterocycles. The van der Waals surface area contributed by atoms with Crippen LogP contribution in [-0.2, 0) is 23.4 Å². The van der Waals surface area contributed by atoms with Gasteiger partial charge in [0.25, 0.3) is 0 Å². The molecule has 1 aliphatic rings. The Kier molecular flexibility index (Phi) is 5.44. The molecule has 1 N–H and O–H groups in total. The summed E-state index contributed by atoms with van der Waals surface area (Å²) in [7, 11) is 0. The molecule has 3 rings (SSSR count). The molecule has 0 saturated heterocycles. The van der Waals surface area contributed by atoms with Gasteiger partial charge in [-0.3, -0.25) is 4.79 Å². The van der Waals surface area contributed by atoms with E-state index in [2.05, 4.69) is 30.4 Å². The largest absolute Gasteiger partial charge is 0.468 e. The van der Waals surface area contributed by atoms with Crippen molar-refractivity contribution >= 4 is 17.7 Å². The lowest BCUT2D eigenvalue weighted by atomic mass is 9.89. The van der Waals surface area contributed by atoms with Crippen LogP contribution in [0.2, 0.25) is 0 Å². The van der Waals surface area contributed by atoms with E-state index in [4.69, 9.17) is 4.42 Å². The molecule has 4 heteroatoms. The van der Waals surface area contributed by atoms with Crippen LogP contribution in [0.5, 0.6) is 0 Å². The van der Waals surface area contributed by atoms with Crippen molar-refractivity contribution < 1.29 is 9.21 Å². The maximum atomic E-state index is 12.1. The fourth-order valence-corrected chi connectivity index (χ4v) is 3.76. The van der Waals surface area contributed by atoms with Crippen molar-refractivity contribution in [1.29, 1.82) is 0 Å². The van der Waals surface area contributed by atoms with Crippen LogP contribution >= 0.6 is 11.8 Å². The zero-order valence-electron chi connectivity index (χ0n) is 13.5. The van der Waals surface area contributed by atoms with Crippen LogP contribution in [0, 0.1) is 0 Å². The molecule has 122 valence electrons. The van der Waals surface area contributed by atoms with Crippen molar-refractivity contribution in [3.63, 3.8) is 0 Å². The van der Waals surface area contributed by atoms with Crippen molar-refractivity contribution in [3.05, 3.63) is 59.0 Å². The molecular weight excluding hydrogens is 306 g/mol. The number of thioether (sulfide) groups is 1. The molecule has 1 aliphatic carbocycles. The third kappa shape index (κ3) is 4.41. The molecule has 1 heterocycles. The first-order valence-corrected chi connectivity index (χ1v) is 9.39. The number of fused-ring (bicyclic) bond motifs is 1. The lowest BCUT2D eigenvalue weighted by molar-refractivity contribution is -0.119. The molecule has 0 saturated carbocycles. The number of furan rings is 1. The predicted octanol–water partition coefficient (Wildman–Crippen LogP) is 4.27. The Hall–Kier alpha value is -1.68. The molecule has 2 aromatic rings. The first kappa shape index (κ1) is 16.2. The van der Waals surface area contributed by atoms with Gasteiger partial charge in [0.1, 0.15) is 5.76 Å². The zero-order chi connectivity index (χ0) is 16.1. The van der Waals surface area contributed by atoms with Gasteiger partial charge in [0.05, 0.1) is 23.8 Å². The van der Waals surface area contributed by atoms with Crippen LogP contribution in [0.1, 0.15) is 48.3 Å². The Bertz CT molecular complexity index is 651. The van der Waals surface area contributed by atoms with E-state index in [1.165, 1.54) is 42.4 Å². The van der Waals surface area contributed by atoms with E-state index in [0.717, 1.165) is 11.5 Å². The quantitative estimate of drug-likeness (QED) is 0.860. The summed E-state index contributed by atoms with van der Waals surface area (Å²) in [6, 6.07) is 10.5. The minimum atomic E-state index is 0.0546. The topological polar surface area (TPSA) is 42.2 Å². The molecular formula is C19H23NO2S. The smallest absolute Gasteiger partial charge is 0.230 e. The van der Waals surface area contributed by atoms with Crippen LogP contribution in [-0.4, -0.2) is 11.7 Å². The van der Waals surface area contributed by atoms with E-state index >= 15 is 0 Å². The van der Waals surface area contributed by atoms with Crippen molar-refractivity contribution in [2.75, 3.05) is 5.75 Å². The standard InChI is InChI=1S/C19H23NO2S/c1-14(16-9-8-15-5-2-3-6-17(15)11-16)20-19(21)13-23-12-18-7-4-10-22-18/h4,7-11,14H,2-3,5-6,12-13H2,1H3,(H,20,21). The second kappa shape index (κ2) is 7.73. The third-order valence-corrected chi connectivity index (χ3v) is 5.26. The second-order valence-corrected chi connectivity index (χ2v) is 7.08. The summed E-state index contributed by atoms with van der Waals surface area (Å²) in [5, 5.41) is 3.09. The normalized spacial score (nSPS) is 15.0. The highest BCUT2D eigenvalue weighted by Crippen LogP contribution is 2.24. The average molecular weight is 329 g/mol. The van der Waals surface area contributed by atoms with E-state index in [0.29, 0.717) is 5.75 Å². The lowest BCUT2D eigenvalue weighted by Gasteiger charge is -2.20. The molecule has 3 nitrogen and oxygen atoms in total. The van der Waals surface area contributed by atoms with E-state index < -0.39 is 0 Å². The summed E-state index contributed by atoms with van der Waals surface area (Å²) in [6.45, 7) is 2.06. The molecule has 1 amide bonds. The number of carbonyl (C=O) groups excluding carboxylic acids is 1. The number of carbonyl (C=O) groups is 1. The van der Waals surface area contributed by atoms with Gasteiger partial charge < -0.3 is 9.73 Å². The number of nitrogens with one attached hydrogen (secondary N) is 1. The van der Waals surface area contributed by atoms with Gasteiger partial charge in [-0.25, -0.2) is 0 Å². The van der Waals surface area contributed by atoms with Crippen LogP contribution in [0.15, 0.2) is 41.0 Å². The van der Waals surface area contributed by atoms with E-state index in [1.807, 2.05) is 12.1 Å². The number of hydrogen-bond donors (Lipinski definition) is 1. The monoisotopic (exact) mass is 329 g/mol. The van der Waals surface area contributed by atoms with Crippen LogP contribution in [0.25, 0.3) is 0 Å². The summed E-state index contributed by atoms with van der Waals surface area (Å²) in [5.74, 6) is 2.17. The SMILES string of the molecule is CC(NC(=O)CSCc1ccco1)c1ccc2c(c1)CCCC2. The summed E-state index contributed by atoms with van der Waals surface area (Å²) in [4.78, 5) is 12.1. The van der Waals surface area contributed by atoms with E-state index in [-0.39, 0.29) is 11.9 Å². The lowest BCUT2D eigenvalue weighted by Crippen LogP contribution is -2.28. The molecule has 0 bridgehead atoms. The van der Waals surface area contributed by atoms with Crippen molar-refractivity contribution in [2.24, 2.45) is 0 Å². The van der Waals surface area contributed by atoms with Crippen molar-refractivity contribution in [2.45, 2.75) is 44.4 Å². The number of hydrogen-bond acceptors (Lipinski definition) is 3. The third-order valence-electron chi connectivity index (χ3n) is 4.31. The first-order valence-electron chi connectivity index (χ1n) is 8.23. The molecule has 0 fully saturated rings. The Morgan fingerprint density at radius 2 is 2.09 bits per heavy atom. The molecule has 1 aromatic carbocycles. The highest BCUT2D eigenvalue weighted by Gasteiger charge is 2.14. The van der Waals surface area contributed by atoms with Gasteiger partial charge in [-0.2, -0.15) is 0 Å². The number of aryl methyl sites for hydroxylation is 2. The Morgan fingerprint density at radius 3 is 2.87 bits per heavy atom. The van der Waals surface area contributed by atoms with Gasteiger partial charge in [-0.05, 0) is 61.4 Å². The summed E-state index contributed by atoms with van der Waals surface area (Å²) in [5.41, 5.74) is 4.14. The van der Waals surface area contributed by atoms with Gasteiger partial charge >= 0.3 is 0 Å². The average Bonchev–Trinajstić information content (AvgIpc) is 3.07. The highest BCUT2D eigenvalue weighted by atomic mass is 32.2. The summed E-state index contributed by atoms with van der Waals surface area (Å²) in [6.07, 6.45) is 6.60. The molecule has 1 aromatic heterocycles. The Labute approximate surface area is 141 Å². The van der Waals surface area contributed by atoms with Gasteiger partial charge in [-0.1, -0.05) is 18.2 Å². The van der Waals surface area contributed by atoms with Gasteiger partial charge in [0, 0.05) is 0 Å². The van der Waals surface area contributed by atoms with Gasteiger partial charge in [-0.15, -0.1) is 11.8 Å². The Morgan fingerprint density at radius 1 is 1.26 bits per heavy atom. The summed E-state index contributed by atoms with van der Waals surface area (Å²) < 4.78 is 5.27. The molecule has 0 spiro atoms. The highest BCUT2D eigenvalue weighted by molar-refractivity contribution is 7.99. The van der Waals surface area contributed by atoms with Crippen LogP contribution in [0.3, 0.4) is 0 Å². The van der Waals surface area contributed by atoms with Crippen molar-refractivity contribution in [3.8, 4) is 0 Å². The van der Waals surface area contributed by atoms with Crippen LogP contribution < -0.4 is 5.32 Å². The minimum Gasteiger partial charge on any atom is -0.468 e. The second-order valence-electron chi connectivity index (χ2n) is 6.10. The number of rotatable bonds is 6. The molecule has 1 unspecified atom stereocenters. The van der Waals surface area contributed by atoms with Gasteiger partial charge in [0.2, 0.25) is 5.91 Å². The first-order chi connectivity index (χ1) is 11.2. The number of amides is 1. The zero-order valence-corrected chi connectivity index (χ0v) is 14.3. The van der Waals surface area contributed by atoms with E-state index in [9.17, 15) is 4.79 Å². The summed E-state index contributed by atoms with van der Waals surface area (Å²) >= 11 is 1.57. The minimum absolute atomic E-state index is 0.0546. The Balaban J connectivity index is 1.50. The van der Waals surface area contributed by atoms with E-state index in [1.54, 1.807) is 18.0 Å². The van der Waals surface area contributed by atoms with Crippen molar-refractivity contribution in [1.82, 2.24) is 5.32 Å². The molecule has 23 heavy (non-hydrogen) atoms.